The summed E-state index contributed by atoms with van der Waals surface area (Å²) >= 11 is 0. The predicted molar refractivity (Wildman–Crippen MR) is 68.4 cm³/mol. The van der Waals surface area contributed by atoms with E-state index in [0.717, 1.165) is 25.7 Å². The summed E-state index contributed by atoms with van der Waals surface area (Å²) in [6.45, 7) is 3.72. The maximum absolute atomic E-state index is 11.5. The van der Waals surface area contributed by atoms with E-state index in [0.29, 0.717) is 0 Å². The SMILES string of the molecule is CCCCCC(C)NC(=O)N[C@H](CCO)C(=O)O. The highest BCUT2D eigenvalue weighted by Crippen LogP contribution is 2.02. The van der Waals surface area contributed by atoms with E-state index in [1.54, 1.807) is 0 Å². The van der Waals surface area contributed by atoms with Gasteiger partial charge in [-0.15, -0.1) is 0 Å². The number of amides is 2. The maximum atomic E-state index is 11.5. The summed E-state index contributed by atoms with van der Waals surface area (Å²) in [5, 5.41) is 22.5. The molecule has 0 aliphatic carbocycles. The number of nitrogens with one attached hydrogen (secondary N) is 2. The summed E-state index contributed by atoms with van der Waals surface area (Å²) in [6, 6.07) is -1.53. The number of aliphatic carboxylic acids is 1. The molecule has 0 saturated carbocycles. The maximum Gasteiger partial charge on any atom is 0.326 e. The molecule has 0 radical (unpaired) electrons. The zero-order chi connectivity index (χ0) is 14.0. The molecule has 0 aromatic heterocycles. The van der Waals surface area contributed by atoms with Crippen LogP contribution in [0.3, 0.4) is 0 Å². The average Bonchev–Trinajstić information content (AvgIpc) is 2.28. The molecular formula is C12H24N2O4. The molecule has 0 aliphatic heterocycles. The van der Waals surface area contributed by atoms with Crippen molar-refractivity contribution >= 4 is 12.0 Å². The highest BCUT2D eigenvalue weighted by Gasteiger charge is 2.19. The van der Waals surface area contributed by atoms with Crippen molar-refractivity contribution in [3.63, 3.8) is 0 Å². The van der Waals surface area contributed by atoms with E-state index in [9.17, 15) is 9.59 Å². The van der Waals surface area contributed by atoms with Gasteiger partial charge in [0.1, 0.15) is 6.04 Å². The molecule has 2 atom stereocenters. The van der Waals surface area contributed by atoms with Gasteiger partial charge in [-0.1, -0.05) is 26.2 Å². The Labute approximate surface area is 108 Å². The number of unbranched alkanes of at least 4 members (excludes halogenated alkanes) is 2. The van der Waals surface area contributed by atoms with Crippen LogP contribution in [0.4, 0.5) is 4.79 Å². The molecular weight excluding hydrogens is 236 g/mol. The van der Waals surface area contributed by atoms with Gasteiger partial charge in [-0.3, -0.25) is 0 Å². The van der Waals surface area contributed by atoms with Crippen LogP contribution < -0.4 is 10.6 Å². The second-order valence-electron chi connectivity index (χ2n) is 4.42. The molecule has 0 saturated heterocycles. The van der Waals surface area contributed by atoms with Gasteiger partial charge in [0, 0.05) is 19.1 Å². The monoisotopic (exact) mass is 260 g/mol. The van der Waals surface area contributed by atoms with Gasteiger partial charge in [0.15, 0.2) is 0 Å². The summed E-state index contributed by atoms with van der Waals surface area (Å²) in [5.41, 5.74) is 0. The van der Waals surface area contributed by atoms with Gasteiger partial charge >= 0.3 is 12.0 Å². The lowest BCUT2D eigenvalue weighted by Gasteiger charge is -2.17. The van der Waals surface area contributed by atoms with Gasteiger partial charge in [0.25, 0.3) is 0 Å². The van der Waals surface area contributed by atoms with Crippen molar-refractivity contribution in [3.05, 3.63) is 0 Å². The quantitative estimate of drug-likeness (QED) is 0.466. The zero-order valence-electron chi connectivity index (χ0n) is 11.1. The molecule has 2 amide bonds. The number of aliphatic hydroxyl groups is 1. The standard InChI is InChI=1S/C12H24N2O4/c1-3-4-5-6-9(2)13-12(18)14-10(7-8-15)11(16)17/h9-10,15H,3-8H2,1-2H3,(H,16,17)(H2,13,14,18)/t9?,10-/m1/s1. The molecule has 0 aromatic carbocycles. The minimum Gasteiger partial charge on any atom is -0.480 e. The Morgan fingerprint density at radius 1 is 1.17 bits per heavy atom. The largest absolute Gasteiger partial charge is 0.480 e. The molecule has 0 aromatic rings. The fraction of sp³-hybridized carbons (Fsp3) is 0.833. The predicted octanol–water partition coefficient (Wildman–Crippen LogP) is 1.09. The Morgan fingerprint density at radius 3 is 2.33 bits per heavy atom. The van der Waals surface area contributed by atoms with Crippen molar-refractivity contribution in [2.45, 2.75) is 58.0 Å². The molecule has 4 N–H and O–H groups in total. The van der Waals surface area contributed by atoms with Crippen LogP contribution in [0.2, 0.25) is 0 Å². The first-order valence-electron chi connectivity index (χ1n) is 6.42. The highest BCUT2D eigenvalue weighted by molar-refractivity contribution is 5.82. The molecule has 0 fully saturated rings. The minimum absolute atomic E-state index is 0.00691. The third-order valence-electron chi connectivity index (χ3n) is 2.64. The van der Waals surface area contributed by atoms with Crippen LogP contribution in [-0.2, 0) is 4.79 Å². The number of carboxylic acids is 1. The summed E-state index contributed by atoms with van der Waals surface area (Å²) in [5.74, 6) is -1.14. The van der Waals surface area contributed by atoms with Crippen molar-refractivity contribution in [1.29, 1.82) is 0 Å². The van der Waals surface area contributed by atoms with Crippen molar-refractivity contribution in [1.82, 2.24) is 10.6 Å². The van der Waals surface area contributed by atoms with Crippen LogP contribution in [-0.4, -0.2) is 40.9 Å². The van der Waals surface area contributed by atoms with Crippen LogP contribution >= 0.6 is 0 Å². The Hall–Kier alpha value is -1.30. The van der Waals surface area contributed by atoms with Crippen LogP contribution in [0.1, 0.15) is 46.0 Å². The van der Waals surface area contributed by atoms with Crippen molar-refractivity contribution in [2.75, 3.05) is 6.61 Å². The molecule has 106 valence electrons. The van der Waals surface area contributed by atoms with E-state index in [-0.39, 0.29) is 19.1 Å². The lowest BCUT2D eigenvalue weighted by Crippen LogP contribution is -2.48. The van der Waals surface area contributed by atoms with Crippen LogP contribution in [0, 0.1) is 0 Å². The van der Waals surface area contributed by atoms with Crippen molar-refractivity contribution < 1.29 is 19.8 Å². The van der Waals surface area contributed by atoms with Gasteiger partial charge < -0.3 is 20.8 Å². The van der Waals surface area contributed by atoms with Gasteiger partial charge in [-0.2, -0.15) is 0 Å². The molecule has 6 nitrogen and oxygen atoms in total. The molecule has 0 spiro atoms. The summed E-state index contributed by atoms with van der Waals surface area (Å²) in [6.07, 6.45) is 4.16. The molecule has 0 bridgehead atoms. The third kappa shape index (κ3) is 7.89. The first-order chi connectivity index (χ1) is 8.51. The van der Waals surface area contributed by atoms with E-state index >= 15 is 0 Å². The summed E-state index contributed by atoms with van der Waals surface area (Å²) in [7, 11) is 0. The molecule has 6 heteroatoms. The van der Waals surface area contributed by atoms with Gasteiger partial charge in [-0.25, -0.2) is 9.59 Å². The molecule has 1 unspecified atom stereocenters. The van der Waals surface area contributed by atoms with Crippen LogP contribution in [0.25, 0.3) is 0 Å². The second kappa shape index (κ2) is 9.70. The highest BCUT2D eigenvalue weighted by atomic mass is 16.4. The molecule has 18 heavy (non-hydrogen) atoms. The first kappa shape index (κ1) is 16.7. The van der Waals surface area contributed by atoms with E-state index < -0.39 is 18.0 Å². The number of hydrogen-bond donors (Lipinski definition) is 4. The van der Waals surface area contributed by atoms with Crippen LogP contribution in [0.5, 0.6) is 0 Å². The Kier molecular flexibility index (Phi) is 9.00. The van der Waals surface area contributed by atoms with E-state index in [2.05, 4.69) is 17.6 Å². The number of carbonyl (C=O) groups is 2. The lowest BCUT2D eigenvalue weighted by molar-refractivity contribution is -0.139. The summed E-state index contributed by atoms with van der Waals surface area (Å²) < 4.78 is 0. The number of rotatable bonds is 9. The van der Waals surface area contributed by atoms with Crippen molar-refractivity contribution in [3.8, 4) is 0 Å². The van der Waals surface area contributed by atoms with Gasteiger partial charge in [0.05, 0.1) is 0 Å². The number of urea groups is 1. The number of carbonyl (C=O) groups excluding carboxylic acids is 1. The smallest absolute Gasteiger partial charge is 0.326 e. The number of carboxylic acid groups (broad SMARTS) is 1. The van der Waals surface area contributed by atoms with Gasteiger partial charge in [-0.05, 0) is 13.3 Å². The minimum atomic E-state index is -1.14. The van der Waals surface area contributed by atoms with E-state index in [1.807, 2.05) is 6.92 Å². The first-order valence-corrected chi connectivity index (χ1v) is 6.42. The van der Waals surface area contributed by atoms with Crippen LogP contribution in [0.15, 0.2) is 0 Å². The van der Waals surface area contributed by atoms with Gasteiger partial charge in [0.2, 0.25) is 0 Å². The molecule has 0 aliphatic rings. The fourth-order valence-corrected chi connectivity index (χ4v) is 1.58. The second-order valence-corrected chi connectivity index (χ2v) is 4.42. The average molecular weight is 260 g/mol. The van der Waals surface area contributed by atoms with Crippen molar-refractivity contribution in [2.24, 2.45) is 0 Å². The Bertz CT molecular complexity index is 258. The normalized spacial score (nSPS) is 13.7. The number of hydrogen-bond acceptors (Lipinski definition) is 3. The third-order valence-corrected chi connectivity index (χ3v) is 2.64. The topological polar surface area (TPSA) is 98.7 Å². The Morgan fingerprint density at radius 2 is 1.83 bits per heavy atom. The zero-order valence-corrected chi connectivity index (χ0v) is 11.1. The number of aliphatic hydroxyl groups excluding tert-OH is 1. The fourth-order valence-electron chi connectivity index (χ4n) is 1.58. The molecule has 0 heterocycles. The summed E-state index contributed by atoms with van der Waals surface area (Å²) in [4.78, 5) is 22.3. The van der Waals surface area contributed by atoms with E-state index in [4.69, 9.17) is 10.2 Å². The molecule has 0 rings (SSSR count). The lowest BCUT2D eigenvalue weighted by atomic mass is 10.1. The Balaban J connectivity index is 3.96. The van der Waals surface area contributed by atoms with E-state index in [1.165, 1.54) is 0 Å².